The third-order valence-corrected chi connectivity index (χ3v) is 2.82. The molecule has 1 rings (SSSR count). The zero-order valence-electron chi connectivity index (χ0n) is 12.5. The van der Waals surface area contributed by atoms with E-state index in [-0.39, 0.29) is 17.9 Å². The molecule has 1 aromatic heterocycles. The van der Waals surface area contributed by atoms with Crippen molar-refractivity contribution in [2.24, 2.45) is 0 Å². The van der Waals surface area contributed by atoms with E-state index in [9.17, 15) is 9.59 Å². The number of anilines is 1. The molecule has 0 aliphatic heterocycles. The summed E-state index contributed by atoms with van der Waals surface area (Å²) < 4.78 is 6.78. The summed E-state index contributed by atoms with van der Waals surface area (Å²) in [4.78, 5) is 23.4. The van der Waals surface area contributed by atoms with Gasteiger partial charge in [-0.15, -0.1) is 0 Å². The van der Waals surface area contributed by atoms with Gasteiger partial charge in [-0.05, 0) is 27.2 Å². The van der Waals surface area contributed by atoms with Crippen LogP contribution in [0.25, 0.3) is 0 Å². The van der Waals surface area contributed by atoms with Crippen molar-refractivity contribution in [2.75, 3.05) is 5.32 Å². The van der Waals surface area contributed by atoms with Crippen LogP contribution in [0.5, 0.6) is 0 Å². The molecular weight excluding hydrogens is 258 g/mol. The van der Waals surface area contributed by atoms with Crippen molar-refractivity contribution in [3.05, 3.63) is 12.3 Å². The molecule has 0 aliphatic carbocycles. The van der Waals surface area contributed by atoms with Crippen LogP contribution in [0.1, 0.15) is 53.0 Å². The molecule has 20 heavy (non-hydrogen) atoms. The molecule has 1 aromatic rings. The number of esters is 1. The molecule has 0 aliphatic rings. The molecule has 0 radical (unpaired) electrons. The second-order valence-electron chi connectivity index (χ2n) is 4.98. The normalized spacial score (nSPS) is 12.2. The van der Waals surface area contributed by atoms with Crippen LogP contribution in [0.15, 0.2) is 12.3 Å². The Morgan fingerprint density at radius 3 is 2.70 bits per heavy atom. The Kier molecular flexibility index (Phi) is 6.21. The maximum atomic E-state index is 12.0. The van der Waals surface area contributed by atoms with E-state index in [2.05, 4.69) is 10.4 Å². The van der Waals surface area contributed by atoms with E-state index < -0.39 is 6.10 Å². The number of amides is 1. The first-order valence-corrected chi connectivity index (χ1v) is 6.99. The van der Waals surface area contributed by atoms with E-state index in [0.717, 1.165) is 12.8 Å². The minimum atomic E-state index is -0.810. The summed E-state index contributed by atoms with van der Waals surface area (Å²) in [6.45, 7) is 7.50. The molecule has 0 bridgehead atoms. The zero-order chi connectivity index (χ0) is 15.1. The third-order valence-electron chi connectivity index (χ3n) is 2.82. The molecule has 6 nitrogen and oxygen atoms in total. The maximum absolute atomic E-state index is 12.0. The van der Waals surface area contributed by atoms with Gasteiger partial charge in [0.1, 0.15) is 5.82 Å². The van der Waals surface area contributed by atoms with Crippen molar-refractivity contribution in [3.63, 3.8) is 0 Å². The molecule has 1 atom stereocenters. The molecule has 1 heterocycles. The summed E-state index contributed by atoms with van der Waals surface area (Å²) in [5.74, 6) is -0.0921. The number of carbonyl (C=O) groups excluding carboxylic acids is 2. The highest BCUT2D eigenvalue weighted by molar-refractivity contribution is 5.94. The topological polar surface area (TPSA) is 73.2 Å². The average molecular weight is 281 g/mol. The molecule has 0 unspecified atom stereocenters. The molecule has 6 heteroatoms. The Balaban J connectivity index is 2.53. The zero-order valence-corrected chi connectivity index (χ0v) is 12.5. The van der Waals surface area contributed by atoms with Gasteiger partial charge >= 0.3 is 5.97 Å². The molecule has 0 saturated carbocycles. The van der Waals surface area contributed by atoms with E-state index in [1.165, 1.54) is 0 Å². The van der Waals surface area contributed by atoms with E-state index in [0.29, 0.717) is 12.2 Å². The van der Waals surface area contributed by atoms with Crippen LogP contribution in [0.4, 0.5) is 5.82 Å². The van der Waals surface area contributed by atoms with Gasteiger partial charge in [0.15, 0.2) is 6.10 Å². The minimum absolute atomic E-state index is 0.141. The van der Waals surface area contributed by atoms with Crippen molar-refractivity contribution in [3.8, 4) is 0 Å². The average Bonchev–Trinajstić information content (AvgIpc) is 2.84. The first-order valence-electron chi connectivity index (χ1n) is 6.99. The lowest BCUT2D eigenvalue weighted by Crippen LogP contribution is -2.31. The van der Waals surface area contributed by atoms with Crippen molar-refractivity contribution in [1.82, 2.24) is 9.78 Å². The van der Waals surface area contributed by atoms with Gasteiger partial charge in [-0.25, -0.2) is 4.68 Å². The standard InChI is InChI=1S/C14H23N3O3/c1-5-6-7-13(18)20-11(4)14(19)16-12-8-9-15-17(12)10(2)3/h8-11H,5-7H2,1-4H3,(H,16,19)/t11-/m0/s1. The number of carbonyl (C=O) groups is 2. The van der Waals surface area contributed by atoms with Crippen LogP contribution >= 0.6 is 0 Å². The van der Waals surface area contributed by atoms with Gasteiger partial charge in [0.25, 0.3) is 5.91 Å². The Labute approximate surface area is 119 Å². The van der Waals surface area contributed by atoms with Crippen molar-refractivity contribution >= 4 is 17.7 Å². The Morgan fingerprint density at radius 2 is 2.10 bits per heavy atom. The summed E-state index contributed by atoms with van der Waals surface area (Å²) in [5.41, 5.74) is 0. The van der Waals surface area contributed by atoms with E-state index in [1.807, 2.05) is 20.8 Å². The molecular formula is C14H23N3O3. The maximum Gasteiger partial charge on any atom is 0.306 e. The first kappa shape index (κ1) is 16.2. The fraction of sp³-hybridized carbons (Fsp3) is 0.643. The van der Waals surface area contributed by atoms with Crippen LogP contribution in [-0.4, -0.2) is 27.8 Å². The van der Waals surface area contributed by atoms with Crippen molar-refractivity contribution < 1.29 is 14.3 Å². The summed E-state index contributed by atoms with van der Waals surface area (Å²) in [5, 5.41) is 6.84. The number of aromatic nitrogens is 2. The monoisotopic (exact) mass is 281 g/mol. The highest BCUT2D eigenvalue weighted by atomic mass is 16.5. The lowest BCUT2D eigenvalue weighted by Gasteiger charge is -2.15. The summed E-state index contributed by atoms with van der Waals surface area (Å²) in [6.07, 6.45) is 2.84. The fourth-order valence-electron chi connectivity index (χ4n) is 1.68. The first-order chi connectivity index (χ1) is 9.45. The second kappa shape index (κ2) is 7.67. The molecule has 0 fully saturated rings. The van der Waals surface area contributed by atoms with E-state index >= 15 is 0 Å². The summed E-state index contributed by atoms with van der Waals surface area (Å²) in [6, 6.07) is 1.85. The van der Waals surface area contributed by atoms with E-state index in [1.54, 1.807) is 23.9 Å². The van der Waals surface area contributed by atoms with Crippen LogP contribution in [-0.2, 0) is 14.3 Å². The lowest BCUT2D eigenvalue weighted by atomic mass is 10.2. The van der Waals surface area contributed by atoms with Crippen LogP contribution < -0.4 is 5.32 Å². The van der Waals surface area contributed by atoms with Crippen molar-refractivity contribution in [2.45, 2.75) is 59.1 Å². The van der Waals surface area contributed by atoms with Crippen LogP contribution in [0, 0.1) is 0 Å². The predicted molar refractivity (Wildman–Crippen MR) is 76.3 cm³/mol. The van der Waals surface area contributed by atoms with Gasteiger partial charge in [-0.3, -0.25) is 9.59 Å². The highest BCUT2D eigenvalue weighted by Crippen LogP contribution is 2.13. The second-order valence-corrected chi connectivity index (χ2v) is 4.98. The summed E-state index contributed by atoms with van der Waals surface area (Å²) >= 11 is 0. The molecule has 112 valence electrons. The number of unbranched alkanes of at least 4 members (excludes halogenated alkanes) is 1. The number of nitrogens with one attached hydrogen (secondary N) is 1. The van der Waals surface area contributed by atoms with Gasteiger partial charge in [-0.2, -0.15) is 5.10 Å². The third kappa shape index (κ3) is 4.68. The van der Waals surface area contributed by atoms with Gasteiger partial charge in [0, 0.05) is 18.5 Å². The molecule has 1 amide bonds. The summed E-state index contributed by atoms with van der Waals surface area (Å²) in [7, 11) is 0. The van der Waals surface area contributed by atoms with Gasteiger partial charge < -0.3 is 10.1 Å². The minimum Gasteiger partial charge on any atom is -0.453 e. The number of ether oxygens (including phenoxy) is 1. The predicted octanol–water partition coefficient (Wildman–Crippen LogP) is 2.52. The Morgan fingerprint density at radius 1 is 1.40 bits per heavy atom. The SMILES string of the molecule is CCCCC(=O)O[C@@H](C)C(=O)Nc1ccnn1C(C)C. The van der Waals surface area contributed by atoms with Crippen LogP contribution in [0.3, 0.4) is 0 Å². The van der Waals surface area contributed by atoms with Crippen LogP contribution in [0.2, 0.25) is 0 Å². The molecule has 0 saturated heterocycles. The number of nitrogens with zero attached hydrogens (tertiary/aromatic N) is 2. The highest BCUT2D eigenvalue weighted by Gasteiger charge is 2.19. The van der Waals surface area contributed by atoms with Gasteiger partial charge in [0.2, 0.25) is 0 Å². The fourth-order valence-corrected chi connectivity index (χ4v) is 1.68. The number of hydrogen-bond acceptors (Lipinski definition) is 4. The molecule has 1 N–H and O–H groups in total. The molecule has 0 spiro atoms. The van der Waals surface area contributed by atoms with Gasteiger partial charge in [-0.1, -0.05) is 13.3 Å². The Bertz CT molecular complexity index is 454. The number of rotatable bonds is 7. The lowest BCUT2D eigenvalue weighted by molar-refractivity contribution is -0.153. The van der Waals surface area contributed by atoms with E-state index in [4.69, 9.17) is 4.74 Å². The smallest absolute Gasteiger partial charge is 0.306 e. The molecule has 0 aromatic carbocycles. The Hall–Kier alpha value is -1.85. The quantitative estimate of drug-likeness (QED) is 0.779. The van der Waals surface area contributed by atoms with Gasteiger partial charge in [0.05, 0.1) is 6.20 Å². The largest absolute Gasteiger partial charge is 0.453 e. The number of hydrogen-bond donors (Lipinski definition) is 1. The van der Waals surface area contributed by atoms with Crippen molar-refractivity contribution in [1.29, 1.82) is 0 Å².